The molecule has 0 aliphatic heterocycles. The largest absolute Gasteiger partial charge is 0.494 e. The zero-order valence-corrected chi connectivity index (χ0v) is 11.9. The molecule has 0 atom stereocenters. The van der Waals surface area contributed by atoms with Gasteiger partial charge in [-0.05, 0) is 49.9 Å². The van der Waals surface area contributed by atoms with E-state index in [1.165, 1.54) is 0 Å². The van der Waals surface area contributed by atoms with Crippen molar-refractivity contribution >= 4 is 11.6 Å². The van der Waals surface area contributed by atoms with Gasteiger partial charge < -0.3 is 15.2 Å². The minimum atomic E-state index is 0.382. The second-order valence-corrected chi connectivity index (χ2v) is 5.50. The maximum atomic E-state index is 5.86. The zero-order valence-electron chi connectivity index (χ0n) is 11.2. The lowest BCUT2D eigenvalue weighted by atomic mass is 9.94. The predicted octanol–water partition coefficient (Wildman–Crippen LogP) is 3.40. The molecule has 1 aromatic rings. The van der Waals surface area contributed by atoms with Gasteiger partial charge in [0, 0.05) is 17.5 Å². The average Bonchev–Trinajstić information content (AvgIpc) is 2.43. The monoisotopic (exact) mass is 283 g/mol. The van der Waals surface area contributed by atoms with Crippen LogP contribution in [0.25, 0.3) is 0 Å². The fourth-order valence-electron chi connectivity index (χ4n) is 2.29. The van der Waals surface area contributed by atoms with E-state index >= 15 is 0 Å². The van der Waals surface area contributed by atoms with Crippen LogP contribution in [0, 0.1) is 0 Å². The summed E-state index contributed by atoms with van der Waals surface area (Å²) in [6.45, 7) is 1.43. The van der Waals surface area contributed by atoms with Crippen molar-refractivity contribution in [2.75, 3.05) is 13.2 Å². The van der Waals surface area contributed by atoms with Gasteiger partial charge in [0.1, 0.15) is 5.75 Å². The van der Waals surface area contributed by atoms with E-state index in [1.807, 2.05) is 24.3 Å². The minimum absolute atomic E-state index is 0.382. The van der Waals surface area contributed by atoms with Crippen LogP contribution in [0.3, 0.4) is 0 Å². The van der Waals surface area contributed by atoms with Crippen molar-refractivity contribution in [2.24, 2.45) is 5.73 Å². The highest BCUT2D eigenvalue weighted by molar-refractivity contribution is 6.30. The molecule has 0 spiro atoms. The first-order valence-electron chi connectivity index (χ1n) is 6.99. The molecule has 0 saturated heterocycles. The number of hydrogen-bond acceptors (Lipinski definition) is 3. The van der Waals surface area contributed by atoms with Gasteiger partial charge in [-0.1, -0.05) is 11.6 Å². The van der Waals surface area contributed by atoms with E-state index in [9.17, 15) is 0 Å². The van der Waals surface area contributed by atoms with Crippen LogP contribution >= 0.6 is 11.6 Å². The Morgan fingerprint density at radius 2 is 1.74 bits per heavy atom. The summed E-state index contributed by atoms with van der Waals surface area (Å²) in [6.07, 6.45) is 5.68. The Kier molecular flexibility index (Phi) is 5.95. The van der Waals surface area contributed by atoms with Gasteiger partial charge in [0.25, 0.3) is 0 Å². The fraction of sp³-hybridized carbons (Fsp3) is 0.600. The van der Waals surface area contributed by atoms with Crippen LogP contribution in [0.2, 0.25) is 5.02 Å². The van der Waals surface area contributed by atoms with Crippen molar-refractivity contribution in [3.05, 3.63) is 29.3 Å². The molecule has 1 fully saturated rings. The number of hydrogen-bond donors (Lipinski definition) is 1. The van der Waals surface area contributed by atoms with Crippen molar-refractivity contribution in [1.82, 2.24) is 0 Å². The number of benzene rings is 1. The zero-order chi connectivity index (χ0) is 13.5. The van der Waals surface area contributed by atoms with Crippen molar-refractivity contribution < 1.29 is 9.47 Å². The standard InChI is InChI=1S/C15H22ClNO2/c16-12-2-6-14(7-3-12)18-10-1-11-19-15-8-4-13(17)5-9-15/h2-3,6-7,13,15H,1,4-5,8-11,17H2. The van der Waals surface area contributed by atoms with E-state index in [0.29, 0.717) is 18.8 Å². The molecule has 0 amide bonds. The predicted molar refractivity (Wildman–Crippen MR) is 77.7 cm³/mol. The smallest absolute Gasteiger partial charge is 0.119 e. The molecule has 0 bridgehead atoms. The van der Waals surface area contributed by atoms with E-state index in [2.05, 4.69) is 0 Å². The molecular weight excluding hydrogens is 262 g/mol. The van der Waals surface area contributed by atoms with Crippen molar-refractivity contribution in [2.45, 2.75) is 44.2 Å². The van der Waals surface area contributed by atoms with E-state index in [1.54, 1.807) is 0 Å². The molecule has 1 saturated carbocycles. The summed E-state index contributed by atoms with van der Waals surface area (Å²) in [7, 11) is 0. The molecule has 0 radical (unpaired) electrons. The summed E-state index contributed by atoms with van der Waals surface area (Å²) < 4.78 is 11.4. The van der Waals surface area contributed by atoms with Crippen molar-refractivity contribution in [1.29, 1.82) is 0 Å². The van der Waals surface area contributed by atoms with Gasteiger partial charge in [-0.15, -0.1) is 0 Å². The molecule has 1 aliphatic rings. The Hall–Kier alpha value is -0.770. The molecule has 3 nitrogen and oxygen atoms in total. The summed E-state index contributed by atoms with van der Waals surface area (Å²) in [6, 6.07) is 7.81. The van der Waals surface area contributed by atoms with Crippen LogP contribution in [-0.2, 0) is 4.74 Å². The number of nitrogens with two attached hydrogens (primary N) is 1. The van der Waals surface area contributed by atoms with Crippen LogP contribution in [0.5, 0.6) is 5.75 Å². The van der Waals surface area contributed by atoms with E-state index in [-0.39, 0.29) is 0 Å². The van der Waals surface area contributed by atoms with Crippen molar-refractivity contribution in [3.63, 3.8) is 0 Å². The second kappa shape index (κ2) is 7.73. The van der Waals surface area contributed by atoms with Crippen LogP contribution in [0.15, 0.2) is 24.3 Å². The Morgan fingerprint density at radius 3 is 2.42 bits per heavy atom. The van der Waals surface area contributed by atoms with Crippen LogP contribution < -0.4 is 10.5 Å². The van der Waals surface area contributed by atoms with Gasteiger partial charge >= 0.3 is 0 Å². The summed E-state index contributed by atoms with van der Waals surface area (Å²) in [5, 5.41) is 0.728. The quantitative estimate of drug-likeness (QED) is 0.814. The van der Waals surface area contributed by atoms with Crippen LogP contribution in [0.4, 0.5) is 0 Å². The maximum Gasteiger partial charge on any atom is 0.119 e. The molecule has 1 aliphatic carbocycles. The van der Waals surface area contributed by atoms with Gasteiger partial charge in [0.15, 0.2) is 0 Å². The average molecular weight is 284 g/mol. The second-order valence-electron chi connectivity index (χ2n) is 5.06. The lowest BCUT2D eigenvalue weighted by molar-refractivity contribution is 0.0196. The van der Waals surface area contributed by atoms with Gasteiger partial charge in [-0.3, -0.25) is 0 Å². The van der Waals surface area contributed by atoms with Gasteiger partial charge in [0.2, 0.25) is 0 Å². The van der Waals surface area contributed by atoms with E-state index in [0.717, 1.165) is 49.5 Å². The Morgan fingerprint density at radius 1 is 1.05 bits per heavy atom. The SMILES string of the molecule is NC1CCC(OCCCOc2ccc(Cl)cc2)CC1. The lowest BCUT2D eigenvalue weighted by Crippen LogP contribution is -2.30. The summed E-state index contributed by atoms with van der Waals surface area (Å²) in [5.41, 5.74) is 5.86. The molecule has 0 heterocycles. The number of halogens is 1. The first kappa shape index (κ1) is 14.6. The molecule has 2 N–H and O–H groups in total. The molecule has 19 heavy (non-hydrogen) atoms. The highest BCUT2D eigenvalue weighted by Crippen LogP contribution is 2.20. The first-order chi connectivity index (χ1) is 9.24. The molecule has 0 aromatic heterocycles. The van der Waals surface area contributed by atoms with Crippen LogP contribution in [0.1, 0.15) is 32.1 Å². The van der Waals surface area contributed by atoms with Gasteiger partial charge in [-0.25, -0.2) is 0 Å². The summed E-state index contributed by atoms with van der Waals surface area (Å²) in [4.78, 5) is 0. The van der Waals surface area contributed by atoms with Crippen LogP contribution in [-0.4, -0.2) is 25.4 Å². The fourth-order valence-corrected chi connectivity index (χ4v) is 2.41. The third-order valence-corrected chi connectivity index (χ3v) is 3.70. The molecule has 4 heteroatoms. The molecule has 106 valence electrons. The molecule has 0 unspecified atom stereocenters. The number of ether oxygens (including phenoxy) is 2. The normalized spacial score (nSPS) is 23.3. The third-order valence-electron chi connectivity index (χ3n) is 3.44. The topological polar surface area (TPSA) is 44.5 Å². The highest BCUT2D eigenvalue weighted by atomic mass is 35.5. The lowest BCUT2D eigenvalue weighted by Gasteiger charge is -2.26. The summed E-state index contributed by atoms with van der Waals surface area (Å²) >= 11 is 5.81. The Labute approximate surface area is 120 Å². The summed E-state index contributed by atoms with van der Waals surface area (Å²) in [5.74, 6) is 0.855. The van der Waals surface area contributed by atoms with Crippen molar-refractivity contribution in [3.8, 4) is 5.75 Å². The third kappa shape index (κ3) is 5.39. The van der Waals surface area contributed by atoms with E-state index in [4.69, 9.17) is 26.8 Å². The maximum absolute atomic E-state index is 5.86. The molecule has 2 rings (SSSR count). The van der Waals surface area contributed by atoms with Gasteiger partial charge in [0.05, 0.1) is 19.3 Å². The highest BCUT2D eigenvalue weighted by Gasteiger charge is 2.18. The first-order valence-corrected chi connectivity index (χ1v) is 7.37. The van der Waals surface area contributed by atoms with Gasteiger partial charge in [-0.2, -0.15) is 0 Å². The molecule has 1 aromatic carbocycles. The number of rotatable bonds is 6. The Balaban J connectivity index is 1.53. The Bertz CT molecular complexity index is 361. The van der Waals surface area contributed by atoms with E-state index < -0.39 is 0 Å². The minimum Gasteiger partial charge on any atom is -0.494 e. The molecular formula is C15H22ClNO2.